The summed E-state index contributed by atoms with van der Waals surface area (Å²) in [4.78, 5) is 3.35. The van der Waals surface area contributed by atoms with Crippen LogP contribution < -0.4 is 5.32 Å². The highest BCUT2D eigenvalue weighted by atomic mass is 19.4. The molecule has 4 nitrogen and oxygen atoms in total. The van der Waals surface area contributed by atoms with E-state index in [1.165, 1.54) is 19.1 Å². The van der Waals surface area contributed by atoms with Crippen molar-refractivity contribution in [3.8, 4) is 0 Å². The molecule has 0 aliphatic rings. The number of halogens is 3. The first-order valence-electron chi connectivity index (χ1n) is 4.86. The number of nitrogens with one attached hydrogen (secondary N) is 1. The molecule has 0 spiro atoms. The van der Waals surface area contributed by atoms with Crippen LogP contribution in [0.2, 0.25) is 0 Å². The van der Waals surface area contributed by atoms with Gasteiger partial charge in [0.05, 0.1) is 6.61 Å². The third kappa shape index (κ3) is 4.20. The molecule has 0 saturated heterocycles. The second-order valence-corrected chi connectivity index (χ2v) is 3.91. The van der Waals surface area contributed by atoms with Crippen molar-refractivity contribution in [2.75, 3.05) is 18.5 Å². The van der Waals surface area contributed by atoms with E-state index >= 15 is 0 Å². The Hall–Kier alpha value is -1.34. The quantitative estimate of drug-likeness (QED) is 0.752. The molecule has 17 heavy (non-hydrogen) atoms. The lowest BCUT2D eigenvalue weighted by Gasteiger charge is -2.21. The van der Waals surface area contributed by atoms with E-state index in [-0.39, 0.29) is 12.4 Å². The normalized spacial score (nSPS) is 15.4. The van der Waals surface area contributed by atoms with Crippen molar-refractivity contribution in [3.63, 3.8) is 0 Å². The lowest BCUT2D eigenvalue weighted by molar-refractivity contribution is -0.141. The number of aromatic nitrogens is 1. The molecule has 3 N–H and O–H groups in total. The van der Waals surface area contributed by atoms with Crippen LogP contribution in [0, 0.1) is 0 Å². The number of rotatable bonds is 4. The Balaban J connectivity index is 2.74. The summed E-state index contributed by atoms with van der Waals surface area (Å²) in [5.41, 5.74) is -2.42. The third-order valence-corrected chi connectivity index (χ3v) is 2.03. The highest BCUT2D eigenvalue weighted by molar-refractivity contribution is 5.36. The number of pyridine rings is 1. The van der Waals surface area contributed by atoms with Crippen LogP contribution in [0.25, 0.3) is 0 Å². The summed E-state index contributed by atoms with van der Waals surface area (Å²) in [7, 11) is 0. The zero-order chi connectivity index (χ0) is 13.1. The van der Waals surface area contributed by atoms with Gasteiger partial charge >= 0.3 is 6.18 Å². The molecule has 7 heteroatoms. The van der Waals surface area contributed by atoms with Crippen LogP contribution in [0.5, 0.6) is 0 Å². The maximum absolute atomic E-state index is 12.3. The third-order valence-electron chi connectivity index (χ3n) is 2.03. The summed E-state index contributed by atoms with van der Waals surface area (Å²) in [6.45, 7) is 0.754. The molecule has 0 bridgehead atoms. The average Bonchev–Trinajstić information content (AvgIpc) is 2.26. The van der Waals surface area contributed by atoms with Gasteiger partial charge in [0.25, 0.3) is 0 Å². The monoisotopic (exact) mass is 250 g/mol. The number of aliphatic hydroxyl groups excluding tert-OH is 1. The molecule has 0 saturated carbocycles. The largest absolute Gasteiger partial charge is 0.433 e. The number of nitrogens with zero attached hydrogens (tertiary/aromatic N) is 1. The first-order chi connectivity index (χ1) is 7.74. The number of aliphatic hydroxyl groups is 2. The van der Waals surface area contributed by atoms with Crippen molar-refractivity contribution >= 4 is 5.82 Å². The molecule has 1 aromatic rings. The first kappa shape index (κ1) is 13.7. The minimum atomic E-state index is -4.50. The fourth-order valence-electron chi connectivity index (χ4n) is 1.03. The van der Waals surface area contributed by atoms with Gasteiger partial charge in [-0.3, -0.25) is 0 Å². The van der Waals surface area contributed by atoms with Crippen molar-refractivity contribution in [1.82, 2.24) is 4.98 Å². The van der Waals surface area contributed by atoms with Crippen molar-refractivity contribution in [2.24, 2.45) is 0 Å². The summed E-state index contributed by atoms with van der Waals surface area (Å²) >= 11 is 0. The summed E-state index contributed by atoms with van der Waals surface area (Å²) in [5.74, 6) is -0.00597. The van der Waals surface area contributed by atoms with Gasteiger partial charge in [-0.2, -0.15) is 13.2 Å². The fraction of sp³-hybridized carbons (Fsp3) is 0.500. The van der Waals surface area contributed by atoms with Crippen molar-refractivity contribution in [3.05, 3.63) is 23.9 Å². The minimum absolute atomic E-state index is 0.00597. The molecule has 1 heterocycles. The van der Waals surface area contributed by atoms with E-state index in [1.807, 2.05) is 0 Å². The highest BCUT2D eigenvalue weighted by Gasteiger charge is 2.32. The topological polar surface area (TPSA) is 65.4 Å². The molecule has 1 unspecified atom stereocenters. The SMILES string of the molecule is CC(O)(CO)CNc1cccc(C(F)(F)F)n1. The van der Waals surface area contributed by atoms with Crippen LogP contribution in [0.4, 0.5) is 19.0 Å². The molecular weight excluding hydrogens is 237 g/mol. The smallest absolute Gasteiger partial charge is 0.393 e. The van der Waals surface area contributed by atoms with Crippen molar-refractivity contribution in [1.29, 1.82) is 0 Å². The Morgan fingerprint density at radius 1 is 1.35 bits per heavy atom. The van der Waals surface area contributed by atoms with E-state index in [9.17, 15) is 18.3 Å². The van der Waals surface area contributed by atoms with Crippen molar-refractivity contribution in [2.45, 2.75) is 18.7 Å². The second-order valence-electron chi connectivity index (χ2n) is 3.91. The van der Waals surface area contributed by atoms with E-state index in [1.54, 1.807) is 0 Å². The van der Waals surface area contributed by atoms with Gasteiger partial charge in [0, 0.05) is 6.54 Å². The van der Waals surface area contributed by atoms with E-state index < -0.39 is 24.1 Å². The number of hydrogen-bond donors (Lipinski definition) is 3. The number of alkyl halides is 3. The van der Waals surface area contributed by atoms with Crippen LogP contribution in [0.1, 0.15) is 12.6 Å². The maximum Gasteiger partial charge on any atom is 0.433 e. The van der Waals surface area contributed by atoms with Gasteiger partial charge in [-0.15, -0.1) is 0 Å². The molecule has 1 atom stereocenters. The molecule has 0 radical (unpaired) electrons. The summed E-state index contributed by atoms with van der Waals surface area (Å²) in [5, 5.41) is 20.7. The zero-order valence-electron chi connectivity index (χ0n) is 9.12. The zero-order valence-corrected chi connectivity index (χ0v) is 9.12. The number of hydrogen-bond acceptors (Lipinski definition) is 4. The summed E-state index contributed by atoms with van der Waals surface area (Å²) < 4.78 is 37.0. The van der Waals surface area contributed by atoms with Gasteiger partial charge in [0.15, 0.2) is 0 Å². The van der Waals surface area contributed by atoms with Crippen LogP contribution in [-0.4, -0.2) is 33.9 Å². The van der Waals surface area contributed by atoms with Crippen LogP contribution in [0.15, 0.2) is 18.2 Å². The molecule has 0 aliphatic carbocycles. The van der Waals surface area contributed by atoms with Gasteiger partial charge < -0.3 is 15.5 Å². The maximum atomic E-state index is 12.3. The van der Waals surface area contributed by atoms with Crippen molar-refractivity contribution < 1.29 is 23.4 Å². The van der Waals surface area contributed by atoms with E-state index in [0.29, 0.717) is 0 Å². The highest BCUT2D eigenvalue weighted by Crippen LogP contribution is 2.28. The van der Waals surface area contributed by atoms with E-state index in [4.69, 9.17) is 5.11 Å². The molecule has 1 aromatic heterocycles. The lowest BCUT2D eigenvalue weighted by Crippen LogP contribution is -2.37. The van der Waals surface area contributed by atoms with Gasteiger partial charge in [-0.1, -0.05) is 6.07 Å². The van der Waals surface area contributed by atoms with Gasteiger partial charge in [-0.05, 0) is 19.1 Å². The van der Waals surface area contributed by atoms with E-state index in [2.05, 4.69) is 10.3 Å². The van der Waals surface area contributed by atoms with Crippen LogP contribution in [-0.2, 0) is 6.18 Å². The predicted octanol–water partition coefficient (Wildman–Crippen LogP) is 1.26. The Morgan fingerprint density at radius 2 is 2.00 bits per heavy atom. The Kier molecular flexibility index (Phi) is 3.94. The molecule has 1 rings (SSSR count). The molecular formula is C10H13F3N2O2. The first-order valence-corrected chi connectivity index (χ1v) is 4.86. The Morgan fingerprint density at radius 3 is 2.53 bits per heavy atom. The predicted molar refractivity (Wildman–Crippen MR) is 55.4 cm³/mol. The summed E-state index contributed by atoms with van der Waals surface area (Å²) in [6, 6.07) is 3.42. The van der Waals surface area contributed by atoms with Gasteiger partial charge in [-0.25, -0.2) is 4.98 Å². The summed E-state index contributed by atoms with van der Waals surface area (Å²) in [6.07, 6.45) is -4.50. The lowest BCUT2D eigenvalue weighted by atomic mass is 10.1. The van der Waals surface area contributed by atoms with Gasteiger partial charge in [0.1, 0.15) is 17.1 Å². The second kappa shape index (κ2) is 4.89. The van der Waals surface area contributed by atoms with Gasteiger partial charge in [0.2, 0.25) is 0 Å². The standard InChI is InChI=1S/C10H13F3N2O2/c1-9(17,6-16)5-14-8-4-2-3-7(15-8)10(11,12)13/h2-4,16-17H,5-6H2,1H3,(H,14,15). The van der Waals surface area contributed by atoms with Crippen LogP contribution in [0.3, 0.4) is 0 Å². The Bertz CT molecular complexity index is 380. The van der Waals surface area contributed by atoms with Crippen LogP contribution >= 0.6 is 0 Å². The molecule has 0 fully saturated rings. The fourth-order valence-corrected chi connectivity index (χ4v) is 1.03. The van der Waals surface area contributed by atoms with E-state index in [0.717, 1.165) is 6.07 Å². The number of anilines is 1. The molecule has 0 amide bonds. The molecule has 96 valence electrons. The molecule has 0 aliphatic heterocycles. The Labute approximate surface area is 96.1 Å². The molecule has 0 aromatic carbocycles. The minimum Gasteiger partial charge on any atom is -0.393 e. The average molecular weight is 250 g/mol.